The Balaban J connectivity index is 1.17. The molecule has 0 bridgehead atoms. The average molecular weight is 492 g/mol. The number of para-hydroxylation sites is 1. The number of rotatable bonds is 8. The Morgan fingerprint density at radius 3 is 2.63 bits per heavy atom. The maximum atomic E-state index is 13.2. The molecule has 0 saturated carbocycles. The largest absolute Gasteiger partial charge is 0.464 e. The Labute approximate surface area is 205 Å². The van der Waals surface area contributed by atoms with Crippen LogP contribution in [0.2, 0.25) is 0 Å². The van der Waals surface area contributed by atoms with Crippen molar-refractivity contribution in [1.29, 1.82) is 0 Å². The van der Waals surface area contributed by atoms with Crippen LogP contribution in [0.3, 0.4) is 0 Å². The lowest BCUT2D eigenvalue weighted by Crippen LogP contribution is -2.46. The van der Waals surface area contributed by atoms with Crippen molar-refractivity contribution in [2.45, 2.75) is 36.3 Å². The fraction of sp³-hybridized carbons (Fsp3) is 0.296. The number of aliphatic hydroxyl groups is 1. The number of β-amino-alcohol motifs (C(OH)–C–C–N with tert-alkyl or cyclic N) is 1. The van der Waals surface area contributed by atoms with Crippen LogP contribution in [0, 0.1) is 0 Å². The van der Waals surface area contributed by atoms with Gasteiger partial charge in [-0.05, 0) is 44.1 Å². The minimum atomic E-state index is -3.69. The molecule has 4 aromatic rings. The minimum Gasteiger partial charge on any atom is -0.464 e. The second-order valence-corrected chi connectivity index (χ2v) is 10.7. The number of furan rings is 1. The Morgan fingerprint density at radius 2 is 1.83 bits per heavy atom. The Hall–Kier alpha value is -3.04. The van der Waals surface area contributed by atoms with E-state index in [9.17, 15) is 13.5 Å². The summed E-state index contributed by atoms with van der Waals surface area (Å²) in [4.78, 5) is 6.58. The highest BCUT2D eigenvalue weighted by molar-refractivity contribution is 7.89. The summed E-state index contributed by atoms with van der Waals surface area (Å²) in [6.07, 6.45) is 6.44. The van der Waals surface area contributed by atoms with Gasteiger partial charge in [-0.2, -0.15) is 0 Å². The fourth-order valence-corrected chi connectivity index (χ4v) is 6.32. The molecule has 7 nitrogen and oxygen atoms in total. The minimum absolute atomic E-state index is 0.145. The Bertz CT molecular complexity index is 1380. The van der Waals surface area contributed by atoms with Gasteiger partial charge in [0.2, 0.25) is 10.0 Å². The highest BCUT2D eigenvalue weighted by Crippen LogP contribution is 2.27. The molecule has 1 atom stereocenters. The number of fused-ring (bicyclic) bond motifs is 1. The topological polar surface area (TPSA) is 95.7 Å². The third-order valence-corrected chi connectivity index (χ3v) is 8.12. The Kier molecular flexibility index (Phi) is 6.97. The molecule has 0 amide bonds. The normalized spacial score (nSPS) is 16.5. The van der Waals surface area contributed by atoms with Crippen LogP contribution >= 0.6 is 0 Å². The van der Waals surface area contributed by atoms with Gasteiger partial charge in [0, 0.05) is 53.5 Å². The molecule has 3 heterocycles. The molecule has 2 N–H and O–H groups in total. The van der Waals surface area contributed by atoms with E-state index < -0.39 is 16.1 Å². The lowest BCUT2D eigenvalue weighted by Gasteiger charge is -2.33. The molecule has 1 aliphatic heterocycles. The first-order valence-electron chi connectivity index (χ1n) is 11.9. The number of nitrogens with zero attached hydrogens (tertiary/aromatic N) is 2. The third kappa shape index (κ3) is 5.46. The van der Waals surface area contributed by atoms with Crippen LogP contribution < -0.4 is 4.72 Å². The summed E-state index contributed by atoms with van der Waals surface area (Å²) in [5, 5.41) is 11.7. The molecule has 8 heteroatoms. The molecule has 1 aliphatic rings. The van der Waals surface area contributed by atoms with Crippen LogP contribution in [-0.2, 0) is 16.4 Å². The second-order valence-electron chi connectivity index (χ2n) is 9.05. The third-order valence-electron chi connectivity index (χ3n) is 6.54. The van der Waals surface area contributed by atoms with Gasteiger partial charge in [0.25, 0.3) is 0 Å². The molecule has 182 valence electrons. The number of hydrogen-bond donors (Lipinski definition) is 2. The van der Waals surface area contributed by atoms with Gasteiger partial charge in [0.1, 0.15) is 5.58 Å². The monoisotopic (exact) mass is 491 g/mol. The molecule has 2 aromatic carbocycles. The van der Waals surface area contributed by atoms with Gasteiger partial charge in [-0.1, -0.05) is 42.5 Å². The number of likely N-dealkylation sites (tertiary alicyclic amines) is 1. The van der Waals surface area contributed by atoms with E-state index in [1.807, 2.05) is 36.4 Å². The zero-order valence-corrected chi connectivity index (χ0v) is 20.2. The second kappa shape index (κ2) is 10.3. The van der Waals surface area contributed by atoms with Crippen molar-refractivity contribution >= 4 is 21.0 Å². The number of nitrogens with one attached hydrogen (secondary N) is 1. The molecule has 35 heavy (non-hydrogen) atoms. The van der Waals surface area contributed by atoms with Crippen molar-refractivity contribution in [3.8, 4) is 11.1 Å². The summed E-state index contributed by atoms with van der Waals surface area (Å²) in [6, 6.07) is 18.3. The zero-order valence-electron chi connectivity index (χ0n) is 19.4. The predicted octanol–water partition coefficient (Wildman–Crippen LogP) is 3.84. The van der Waals surface area contributed by atoms with Gasteiger partial charge >= 0.3 is 0 Å². The number of pyridine rings is 1. The van der Waals surface area contributed by atoms with Gasteiger partial charge in [-0.25, -0.2) is 13.1 Å². The van der Waals surface area contributed by atoms with Crippen LogP contribution in [0.1, 0.15) is 18.4 Å². The first-order valence-corrected chi connectivity index (χ1v) is 13.4. The van der Waals surface area contributed by atoms with Gasteiger partial charge in [0.15, 0.2) is 0 Å². The molecular weight excluding hydrogens is 462 g/mol. The van der Waals surface area contributed by atoms with Crippen molar-refractivity contribution in [3.05, 3.63) is 84.9 Å². The number of aromatic nitrogens is 1. The molecule has 1 saturated heterocycles. The van der Waals surface area contributed by atoms with Gasteiger partial charge < -0.3 is 14.4 Å². The van der Waals surface area contributed by atoms with Crippen LogP contribution in [0.5, 0.6) is 0 Å². The van der Waals surface area contributed by atoms with E-state index in [-0.39, 0.29) is 10.9 Å². The summed E-state index contributed by atoms with van der Waals surface area (Å²) < 4.78 is 35.0. The average Bonchev–Trinajstić information content (AvgIpc) is 3.28. The number of piperidine rings is 1. The van der Waals surface area contributed by atoms with Crippen LogP contribution in [0.4, 0.5) is 0 Å². The quantitative estimate of drug-likeness (QED) is 0.389. The van der Waals surface area contributed by atoms with Crippen molar-refractivity contribution in [3.63, 3.8) is 0 Å². The van der Waals surface area contributed by atoms with Crippen LogP contribution in [0.25, 0.3) is 22.1 Å². The van der Waals surface area contributed by atoms with E-state index in [0.717, 1.165) is 35.2 Å². The first-order chi connectivity index (χ1) is 17.0. The van der Waals surface area contributed by atoms with Crippen molar-refractivity contribution in [1.82, 2.24) is 14.6 Å². The number of hydrogen-bond acceptors (Lipinski definition) is 6. The number of aliphatic hydroxyl groups excluding tert-OH is 1. The van der Waals surface area contributed by atoms with E-state index in [2.05, 4.69) is 14.6 Å². The predicted molar refractivity (Wildman–Crippen MR) is 135 cm³/mol. The van der Waals surface area contributed by atoms with Crippen molar-refractivity contribution < 1.29 is 17.9 Å². The summed E-state index contributed by atoms with van der Waals surface area (Å²) in [5.41, 5.74) is 3.24. The highest BCUT2D eigenvalue weighted by atomic mass is 32.2. The summed E-state index contributed by atoms with van der Waals surface area (Å²) in [7, 11) is -3.69. The SMILES string of the molecule is O=S(=O)(NC1CCN(CC(O)Cc2coc3ccccc23)CC1)c1ccccc1-c1cccnc1. The number of benzene rings is 2. The fourth-order valence-electron chi connectivity index (χ4n) is 4.79. The lowest BCUT2D eigenvalue weighted by atomic mass is 10.0. The van der Waals surface area contributed by atoms with Gasteiger partial charge in [-0.3, -0.25) is 4.98 Å². The van der Waals surface area contributed by atoms with Crippen molar-refractivity contribution in [2.75, 3.05) is 19.6 Å². The lowest BCUT2D eigenvalue weighted by molar-refractivity contribution is 0.0963. The summed E-state index contributed by atoms with van der Waals surface area (Å²) in [5.74, 6) is 0. The van der Waals surface area contributed by atoms with Crippen LogP contribution in [0.15, 0.2) is 88.6 Å². The molecular formula is C27H29N3O4S. The van der Waals surface area contributed by atoms with Crippen LogP contribution in [-0.4, -0.2) is 55.2 Å². The summed E-state index contributed by atoms with van der Waals surface area (Å²) in [6.45, 7) is 1.99. The van der Waals surface area contributed by atoms with Gasteiger partial charge in [0.05, 0.1) is 17.3 Å². The molecule has 1 unspecified atom stereocenters. The van der Waals surface area contributed by atoms with Gasteiger partial charge in [-0.15, -0.1) is 0 Å². The van der Waals surface area contributed by atoms with E-state index in [1.165, 1.54) is 0 Å². The Morgan fingerprint density at radius 1 is 1.06 bits per heavy atom. The van der Waals surface area contributed by atoms with Crippen molar-refractivity contribution in [2.24, 2.45) is 0 Å². The maximum Gasteiger partial charge on any atom is 0.241 e. The molecule has 5 rings (SSSR count). The van der Waals surface area contributed by atoms with E-state index in [4.69, 9.17) is 4.42 Å². The smallest absolute Gasteiger partial charge is 0.241 e. The van der Waals surface area contributed by atoms with E-state index in [1.54, 1.807) is 42.9 Å². The first kappa shape index (κ1) is 23.7. The molecule has 0 radical (unpaired) electrons. The van der Waals surface area contributed by atoms with E-state index in [0.29, 0.717) is 31.4 Å². The number of sulfonamides is 1. The standard InChI is InChI=1S/C27H29N3O4S/c31-23(16-21-19-34-26-9-3-1-7-24(21)26)18-30-14-11-22(12-15-30)29-35(32,33)27-10-4-2-8-25(27)20-6-5-13-28-17-20/h1-10,13,17,19,22-23,29,31H,11-12,14-16,18H2. The summed E-state index contributed by atoms with van der Waals surface area (Å²) >= 11 is 0. The van der Waals surface area contributed by atoms with E-state index >= 15 is 0 Å². The highest BCUT2D eigenvalue weighted by Gasteiger charge is 2.27. The zero-order chi connectivity index (χ0) is 24.3. The molecule has 0 spiro atoms. The molecule has 2 aromatic heterocycles. The maximum absolute atomic E-state index is 13.2. The molecule has 0 aliphatic carbocycles. The molecule has 1 fully saturated rings.